The lowest BCUT2D eigenvalue weighted by atomic mass is 9.72. The molecule has 86 heavy (non-hydrogen) atoms. The van der Waals surface area contributed by atoms with E-state index in [0.29, 0.717) is 67.3 Å². The molecule has 6 rings (SSSR count). The molecule has 0 unspecified atom stereocenters. The first-order chi connectivity index (χ1) is 39.7. The predicted octanol–water partition coefficient (Wildman–Crippen LogP) is 8.90. The van der Waals surface area contributed by atoms with Crippen LogP contribution in [0.1, 0.15) is 125 Å². The molecule has 1 N–H and O–H groups in total. The van der Waals surface area contributed by atoms with E-state index in [9.17, 15) is 42.7 Å². The number of carbonyl (C=O) groups excluding carboxylic acids is 8. The van der Waals surface area contributed by atoms with Crippen LogP contribution in [0, 0.1) is 46.7 Å². The van der Waals surface area contributed by atoms with Crippen molar-refractivity contribution in [3.63, 3.8) is 0 Å². The van der Waals surface area contributed by atoms with Crippen LogP contribution in [0.3, 0.4) is 0 Å². The Hall–Kier alpha value is -7.51. The lowest BCUT2D eigenvalue weighted by Crippen LogP contribution is -2.55. The van der Waals surface area contributed by atoms with Crippen molar-refractivity contribution in [2.24, 2.45) is 21.7 Å². The van der Waals surface area contributed by atoms with Gasteiger partial charge in [-0.15, -0.1) is 24.0 Å². The number of ketones is 4. The highest BCUT2D eigenvalue weighted by Crippen LogP contribution is 2.43. The normalized spacial score (nSPS) is 28.7. The molecule has 472 valence electrons. The fourth-order valence-electron chi connectivity index (χ4n) is 10.2. The second-order valence-corrected chi connectivity index (χ2v) is 22.0. The number of aromatic nitrogens is 3. The maximum Gasteiger partial charge on any atom is 0.322 e. The van der Waals surface area contributed by atoms with E-state index in [-0.39, 0.29) is 72.4 Å². The minimum absolute atomic E-state index is 0. The van der Waals surface area contributed by atoms with Crippen molar-refractivity contribution < 1.29 is 85.7 Å². The number of ether oxygens (including phenoxy) is 8. The van der Waals surface area contributed by atoms with Crippen LogP contribution in [0.4, 0.5) is 4.39 Å². The summed E-state index contributed by atoms with van der Waals surface area (Å²) in [4.78, 5) is 98.0. The Labute approximate surface area is 505 Å². The zero-order chi connectivity index (χ0) is 64.7. The number of nitrogens with zero attached hydrogens (tertiary/aromatic N) is 3. The Balaban J connectivity index is 0.000000401. The number of hydrogen-bond donors (Lipinski definition) is 1. The SMILES string of the molecule is C.C#CCC[C@@H]1O[C@H](C)C(=C)C(=O)[C@]1(C)C(=O)OC.C=C(O)CC[C@@H]1O[C@H](C)C(=C)C(=O)[C@]1(C)C(=O)OC.C=C1C(=O)[C@](C)(C(=O)OC)[C@H](CCc2cn(Cc3ccc(C)cc3F)nn2)O[C@@H]1C.C=CCC[C@@H]1O[C@H](C)C(=C)C(=O)[C@]1(C)C(=O)OC. The van der Waals surface area contributed by atoms with Gasteiger partial charge in [0, 0.05) is 46.9 Å². The fraction of sp³-hybridized carbons (Fsp3) is 0.538. The number of halogens is 1. The molecule has 20 nitrogen and oxygen atoms in total. The summed E-state index contributed by atoms with van der Waals surface area (Å²) < 4.78 is 57.7. The van der Waals surface area contributed by atoms with Crippen molar-refractivity contribution in [2.45, 2.75) is 176 Å². The number of hydrogen-bond acceptors (Lipinski definition) is 19. The van der Waals surface area contributed by atoms with Crippen molar-refractivity contribution in [2.75, 3.05) is 28.4 Å². The number of benzene rings is 1. The molecule has 1 aromatic carbocycles. The first-order valence-electron chi connectivity index (χ1n) is 27.6. The molecule has 4 aliphatic rings. The average molecular weight is 1200 g/mol. The van der Waals surface area contributed by atoms with E-state index < -0.39 is 88.3 Å². The van der Waals surface area contributed by atoms with E-state index in [1.165, 1.54) is 55.3 Å². The van der Waals surface area contributed by atoms with Crippen LogP contribution < -0.4 is 0 Å². The standard InChI is InChI=1S/C22H26FN3O4.C14H20O5.C14H20O4.C14H18O4.CH4/c1-13-6-7-16(18(23)10-13)11-26-12-17(24-25-26)8-9-19-22(4,21(28)29-5)20(27)14(2)15(3)30-19;1-8(15)6-7-11-14(4,13(17)18-5)12(16)9(2)10(3)19-11;2*1-6-7-8-11-14(4,13(16)17-5)12(15)9(2)10(3)18-11;/h6-7,10,12,15,19H,2,8-9,11H2,1,3-5H3;10-11,15H,1-2,6-7H2,3-5H3;6,10-11H,1-2,7-8H2,3-5H3;1,10-11H,2,7-8H2,3-5H3;1H4/t15-,19+,22-;3*10-,11+,14-;/m1111./s1. The molecule has 1 aromatic heterocycles. The number of aliphatic hydroxyl groups is 1. The van der Waals surface area contributed by atoms with Crippen LogP contribution >= 0.6 is 0 Å². The second kappa shape index (κ2) is 31.8. The first kappa shape index (κ1) is 74.6. The van der Waals surface area contributed by atoms with Gasteiger partial charge in [-0.2, -0.15) is 0 Å². The molecule has 0 aliphatic carbocycles. The molecule has 0 bridgehead atoms. The third-order valence-corrected chi connectivity index (χ3v) is 16.2. The summed E-state index contributed by atoms with van der Waals surface area (Å²) in [5.74, 6) is -1.65. The van der Waals surface area contributed by atoms with Gasteiger partial charge in [-0.05, 0) is 112 Å². The average Bonchev–Trinajstić information content (AvgIpc) is 0.947. The molecule has 0 radical (unpaired) electrons. The highest BCUT2D eigenvalue weighted by Gasteiger charge is 2.58. The van der Waals surface area contributed by atoms with Crippen molar-refractivity contribution in [3.05, 3.63) is 121 Å². The second-order valence-electron chi connectivity index (χ2n) is 22.0. The highest BCUT2D eigenvalue weighted by atomic mass is 19.1. The summed E-state index contributed by atoms with van der Waals surface area (Å²) >= 11 is 0. The third kappa shape index (κ3) is 16.1. The number of allylic oxidation sites excluding steroid dienone is 2. The number of aliphatic hydroxyl groups excluding tert-OH is 1. The zero-order valence-electron chi connectivity index (χ0n) is 51.4. The summed E-state index contributed by atoms with van der Waals surface area (Å²) in [6.07, 6.45) is 7.98. The zero-order valence-corrected chi connectivity index (χ0v) is 51.4. The molecule has 0 amide bonds. The Bertz CT molecular complexity index is 2970. The smallest absolute Gasteiger partial charge is 0.322 e. The Morgan fingerprint density at radius 3 is 1.37 bits per heavy atom. The lowest BCUT2D eigenvalue weighted by Gasteiger charge is -2.41. The molecular formula is C65H88FN3O17. The van der Waals surface area contributed by atoms with Gasteiger partial charge >= 0.3 is 23.9 Å². The van der Waals surface area contributed by atoms with Gasteiger partial charge in [-0.3, -0.25) is 38.4 Å². The van der Waals surface area contributed by atoms with E-state index in [0.717, 1.165) is 5.56 Å². The number of methoxy groups -OCH3 is 4. The van der Waals surface area contributed by atoms with Gasteiger partial charge in [-0.1, -0.05) is 63.7 Å². The number of esters is 4. The quantitative estimate of drug-likeness (QED) is 0.0295. The van der Waals surface area contributed by atoms with Crippen molar-refractivity contribution in [3.8, 4) is 12.3 Å². The summed E-state index contributed by atoms with van der Waals surface area (Å²) in [6, 6.07) is 5.05. The third-order valence-electron chi connectivity index (χ3n) is 16.2. The number of Topliss-reactive ketones (excluding diaryl/α,β-unsaturated/α-hetero) is 4. The van der Waals surface area contributed by atoms with Crippen LogP contribution in [0.15, 0.2) is 98.0 Å². The molecule has 5 heterocycles. The van der Waals surface area contributed by atoms with Crippen LogP contribution in [0.2, 0.25) is 0 Å². The number of rotatable bonds is 17. The summed E-state index contributed by atoms with van der Waals surface area (Å²) in [5.41, 5.74) is -2.39. The number of carbonyl (C=O) groups is 8. The van der Waals surface area contributed by atoms with Crippen molar-refractivity contribution in [1.29, 1.82) is 0 Å². The molecule has 4 fully saturated rings. The van der Waals surface area contributed by atoms with E-state index >= 15 is 0 Å². The van der Waals surface area contributed by atoms with Crippen molar-refractivity contribution in [1.82, 2.24) is 15.0 Å². The van der Waals surface area contributed by atoms with Gasteiger partial charge in [-0.25, -0.2) is 9.07 Å². The first-order valence-corrected chi connectivity index (χ1v) is 27.6. The largest absolute Gasteiger partial charge is 0.513 e. The molecule has 0 spiro atoms. The van der Waals surface area contributed by atoms with E-state index in [2.05, 4.69) is 55.7 Å². The molecular weight excluding hydrogens is 1110 g/mol. The summed E-state index contributed by atoms with van der Waals surface area (Å²) in [7, 11) is 4.99. The predicted molar refractivity (Wildman–Crippen MR) is 318 cm³/mol. The molecule has 4 aliphatic heterocycles. The molecule has 21 heteroatoms. The lowest BCUT2D eigenvalue weighted by molar-refractivity contribution is -0.176. The summed E-state index contributed by atoms with van der Waals surface area (Å²) in [6.45, 7) is 37.0. The van der Waals surface area contributed by atoms with Crippen LogP contribution in [0.25, 0.3) is 0 Å². The van der Waals surface area contributed by atoms with Crippen molar-refractivity contribution >= 4 is 47.0 Å². The Morgan fingerprint density at radius 2 is 1.03 bits per heavy atom. The molecule has 12 atom stereocenters. The minimum atomic E-state index is -1.46. The van der Waals surface area contributed by atoms with E-state index in [1.807, 2.05) is 13.0 Å². The maximum atomic E-state index is 14.1. The number of terminal acetylenes is 1. The van der Waals surface area contributed by atoms with Gasteiger partial charge in [0.05, 0.1) is 95.3 Å². The Morgan fingerprint density at radius 1 is 0.674 bits per heavy atom. The molecule has 2 aromatic rings. The van der Waals surface area contributed by atoms with Crippen LogP contribution in [-0.2, 0) is 89.2 Å². The topological polar surface area (TPSA) is 261 Å². The van der Waals surface area contributed by atoms with Gasteiger partial charge in [0.2, 0.25) is 0 Å². The highest BCUT2D eigenvalue weighted by molar-refractivity contribution is 6.15. The fourth-order valence-corrected chi connectivity index (χ4v) is 10.2. The van der Waals surface area contributed by atoms with Gasteiger partial charge in [0.25, 0.3) is 0 Å². The van der Waals surface area contributed by atoms with Crippen LogP contribution in [0.5, 0.6) is 0 Å². The van der Waals surface area contributed by atoms with Gasteiger partial charge < -0.3 is 43.0 Å². The van der Waals surface area contributed by atoms with Gasteiger partial charge in [0.15, 0.2) is 44.8 Å². The number of aryl methyl sites for hydroxylation is 2. The molecule has 4 saturated heterocycles. The monoisotopic (exact) mass is 1200 g/mol. The summed E-state index contributed by atoms with van der Waals surface area (Å²) in [5, 5.41) is 17.3. The van der Waals surface area contributed by atoms with Crippen LogP contribution in [-0.4, -0.2) is 144 Å². The molecule has 0 saturated carbocycles. The Kier molecular flexibility index (Phi) is 27.5. The van der Waals surface area contributed by atoms with E-state index in [4.69, 9.17) is 49.4 Å². The maximum absolute atomic E-state index is 14.1. The van der Waals surface area contributed by atoms with Gasteiger partial charge in [0.1, 0.15) is 5.82 Å². The van der Waals surface area contributed by atoms with E-state index in [1.54, 1.807) is 57.6 Å². The minimum Gasteiger partial charge on any atom is -0.513 e.